The molecule has 3 nitrogen and oxygen atoms in total. The molecule has 3 fully saturated rings. The van der Waals surface area contributed by atoms with E-state index < -0.39 is 56.9 Å². The van der Waals surface area contributed by atoms with E-state index in [4.69, 9.17) is 4.43 Å². The van der Waals surface area contributed by atoms with Crippen LogP contribution in [0.5, 0.6) is 0 Å². The fourth-order valence-corrected chi connectivity index (χ4v) is 8.61. The average molecular weight is 584 g/mol. The van der Waals surface area contributed by atoms with E-state index in [-0.39, 0.29) is 23.5 Å². The number of piperidine rings is 1. The normalized spacial score (nSPS) is 35.0. The second-order valence-corrected chi connectivity index (χ2v) is 19.6. The Morgan fingerprint density at radius 3 is 1.90 bits per heavy atom. The van der Waals surface area contributed by atoms with Gasteiger partial charge in [0.25, 0.3) is 6.43 Å². The van der Waals surface area contributed by atoms with Gasteiger partial charge in [0.05, 0.1) is 12.1 Å². The van der Waals surface area contributed by atoms with Crippen molar-refractivity contribution in [1.82, 2.24) is 5.32 Å². The molecule has 230 valence electrons. The molecular weight excluding hydrogens is 529 g/mol. The summed E-state index contributed by atoms with van der Waals surface area (Å²) in [6, 6.07) is -3.76. The summed E-state index contributed by atoms with van der Waals surface area (Å²) in [6.45, 7) is 14.7. The highest BCUT2D eigenvalue weighted by Gasteiger charge is 2.60. The van der Waals surface area contributed by atoms with E-state index in [0.29, 0.717) is 24.7 Å². The van der Waals surface area contributed by atoms with Gasteiger partial charge in [-0.05, 0) is 73.4 Å². The van der Waals surface area contributed by atoms with Crippen molar-refractivity contribution in [3.63, 3.8) is 0 Å². The molecule has 9 heteroatoms. The van der Waals surface area contributed by atoms with E-state index in [9.17, 15) is 27.1 Å². The zero-order valence-electron chi connectivity index (χ0n) is 25.2. The van der Waals surface area contributed by atoms with Gasteiger partial charge in [-0.25, -0.2) is 8.78 Å². The summed E-state index contributed by atoms with van der Waals surface area (Å²) in [5, 5.41) is 14.0. The van der Waals surface area contributed by atoms with Crippen molar-refractivity contribution in [2.24, 2.45) is 41.4 Å². The smallest absolute Gasteiger partial charge is 0.404 e. The van der Waals surface area contributed by atoms with E-state index in [0.717, 1.165) is 44.9 Å². The third-order valence-corrected chi connectivity index (χ3v) is 15.6. The van der Waals surface area contributed by atoms with Gasteiger partial charge in [-0.15, -0.1) is 0 Å². The quantitative estimate of drug-likeness (QED) is 0.223. The Bertz CT molecular complexity index is 757. The molecule has 0 aromatic rings. The SMILES string of the molecule is CC(C)C1CCC(C(O)C2C(C3CCCCC3)C(CO[Si](C)(C)C(C)(C)C)C(C(F)F)NC2C(F)(F)F)CC1. The van der Waals surface area contributed by atoms with Crippen LogP contribution in [0.15, 0.2) is 0 Å². The third kappa shape index (κ3) is 7.78. The minimum absolute atomic E-state index is 0.00749. The molecule has 0 radical (unpaired) electrons. The maximum atomic E-state index is 14.7. The standard InChI is InChI=1S/C30H54F5NO2Si/c1-18(2)19-13-15-21(16-14-19)26(37)24-23(20-11-9-8-10-12-20)22(17-38-39(6,7)29(3,4)5)25(28(31)32)36-27(24)30(33,34)35/h18-28,36-37H,8-17H2,1-7H3. The molecule has 2 saturated carbocycles. The molecule has 6 atom stereocenters. The predicted molar refractivity (Wildman–Crippen MR) is 149 cm³/mol. The minimum Gasteiger partial charge on any atom is -0.416 e. The lowest BCUT2D eigenvalue weighted by Crippen LogP contribution is -2.69. The number of nitrogens with one attached hydrogen (secondary N) is 1. The van der Waals surface area contributed by atoms with E-state index in [1.54, 1.807) is 0 Å². The predicted octanol–water partition coefficient (Wildman–Crippen LogP) is 8.43. The van der Waals surface area contributed by atoms with Crippen molar-refractivity contribution >= 4 is 8.32 Å². The van der Waals surface area contributed by atoms with Crippen LogP contribution in [0, 0.1) is 41.4 Å². The van der Waals surface area contributed by atoms with Gasteiger partial charge in [-0.1, -0.05) is 66.7 Å². The molecule has 2 aliphatic carbocycles. The van der Waals surface area contributed by atoms with Crippen LogP contribution >= 0.6 is 0 Å². The van der Waals surface area contributed by atoms with Crippen LogP contribution in [0.25, 0.3) is 0 Å². The first-order chi connectivity index (χ1) is 18.0. The van der Waals surface area contributed by atoms with Crippen molar-refractivity contribution in [2.45, 2.75) is 141 Å². The zero-order valence-corrected chi connectivity index (χ0v) is 26.2. The highest BCUT2D eigenvalue weighted by Crippen LogP contribution is 2.51. The molecule has 6 unspecified atom stereocenters. The Kier molecular flexibility index (Phi) is 11.0. The van der Waals surface area contributed by atoms with Gasteiger partial charge >= 0.3 is 6.18 Å². The lowest BCUT2D eigenvalue weighted by atomic mass is 9.58. The number of halogens is 5. The van der Waals surface area contributed by atoms with E-state index in [1.807, 2.05) is 13.1 Å². The van der Waals surface area contributed by atoms with Crippen LogP contribution in [0.1, 0.15) is 92.4 Å². The number of hydrogen-bond donors (Lipinski definition) is 2. The number of aliphatic hydroxyl groups is 1. The van der Waals surface area contributed by atoms with Crippen molar-refractivity contribution < 1.29 is 31.5 Å². The highest BCUT2D eigenvalue weighted by atomic mass is 28.4. The summed E-state index contributed by atoms with van der Waals surface area (Å²) < 4.78 is 79.7. The highest BCUT2D eigenvalue weighted by molar-refractivity contribution is 6.74. The van der Waals surface area contributed by atoms with Gasteiger partial charge in [-0.2, -0.15) is 13.2 Å². The van der Waals surface area contributed by atoms with Gasteiger partial charge < -0.3 is 9.53 Å². The van der Waals surface area contributed by atoms with Gasteiger partial charge in [0.15, 0.2) is 8.32 Å². The van der Waals surface area contributed by atoms with Crippen LogP contribution in [0.4, 0.5) is 22.0 Å². The maximum absolute atomic E-state index is 14.7. The molecule has 0 aromatic carbocycles. The fraction of sp³-hybridized carbons (Fsp3) is 1.00. The van der Waals surface area contributed by atoms with Crippen molar-refractivity contribution in [1.29, 1.82) is 0 Å². The molecule has 1 aliphatic heterocycles. The Balaban J connectivity index is 2.02. The van der Waals surface area contributed by atoms with Crippen LogP contribution < -0.4 is 5.32 Å². The summed E-state index contributed by atoms with van der Waals surface area (Å²) in [5.41, 5.74) is 0. The number of aliphatic hydroxyl groups excluding tert-OH is 1. The molecule has 0 spiro atoms. The van der Waals surface area contributed by atoms with Crippen LogP contribution in [0.3, 0.4) is 0 Å². The van der Waals surface area contributed by atoms with E-state index >= 15 is 0 Å². The Morgan fingerprint density at radius 1 is 0.897 bits per heavy atom. The summed E-state index contributed by atoms with van der Waals surface area (Å²) in [6.07, 6.45) is -1.46. The summed E-state index contributed by atoms with van der Waals surface area (Å²) >= 11 is 0. The van der Waals surface area contributed by atoms with Crippen LogP contribution in [-0.2, 0) is 4.43 Å². The molecule has 0 aromatic heterocycles. The minimum atomic E-state index is -4.73. The molecule has 2 N–H and O–H groups in total. The molecule has 0 bridgehead atoms. The largest absolute Gasteiger partial charge is 0.416 e. The average Bonchev–Trinajstić information content (AvgIpc) is 2.85. The lowest BCUT2D eigenvalue weighted by Gasteiger charge is -2.54. The van der Waals surface area contributed by atoms with Gasteiger partial charge in [0.2, 0.25) is 0 Å². The molecule has 1 heterocycles. The topological polar surface area (TPSA) is 41.5 Å². The first-order valence-corrected chi connectivity index (χ1v) is 18.3. The maximum Gasteiger partial charge on any atom is 0.404 e. The van der Waals surface area contributed by atoms with Gasteiger partial charge in [0.1, 0.15) is 6.04 Å². The first-order valence-electron chi connectivity index (χ1n) is 15.4. The number of alkyl halides is 5. The number of hydrogen-bond acceptors (Lipinski definition) is 3. The number of rotatable bonds is 8. The van der Waals surface area contributed by atoms with Crippen molar-refractivity contribution in [3.05, 3.63) is 0 Å². The third-order valence-electron chi connectivity index (χ3n) is 11.1. The molecule has 39 heavy (non-hydrogen) atoms. The Hall–Kier alpha value is -0.253. The fourth-order valence-electron chi connectivity index (χ4n) is 7.57. The summed E-state index contributed by atoms with van der Waals surface area (Å²) in [5.74, 6) is -1.95. The monoisotopic (exact) mass is 583 g/mol. The van der Waals surface area contributed by atoms with Gasteiger partial charge in [-0.3, -0.25) is 5.32 Å². The summed E-state index contributed by atoms with van der Waals surface area (Å²) in [7, 11) is -2.34. The van der Waals surface area contributed by atoms with Crippen molar-refractivity contribution in [2.75, 3.05) is 6.61 Å². The molecule has 3 rings (SSSR count). The Labute approximate surface area is 234 Å². The van der Waals surface area contributed by atoms with Crippen LogP contribution in [-0.4, -0.2) is 50.8 Å². The van der Waals surface area contributed by atoms with Crippen LogP contribution in [0.2, 0.25) is 18.1 Å². The lowest BCUT2D eigenvalue weighted by molar-refractivity contribution is -0.219. The van der Waals surface area contributed by atoms with Gasteiger partial charge in [0, 0.05) is 18.4 Å². The molecule has 3 aliphatic rings. The van der Waals surface area contributed by atoms with E-state index in [2.05, 4.69) is 39.9 Å². The first kappa shape index (κ1) is 33.3. The zero-order chi connectivity index (χ0) is 29.3. The second-order valence-electron chi connectivity index (χ2n) is 14.7. The molecular formula is C30H54F5NO2Si. The van der Waals surface area contributed by atoms with E-state index in [1.165, 1.54) is 0 Å². The summed E-state index contributed by atoms with van der Waals surface area (Å²) in [4.78, 5) is 0. The second kappa shape index (κ2) is 12.9. The molecule has 0 amide bonds. The van der Waals surface area contributed by atoms with Crippen molar-refractivity contribution in [3.8, 4) is 0 Å². The Morgan fingerprint density at radius 2 is 1.44 bits per heavy atom. The molecule has 1 saturated heterocycles.